The first-order valence-electron chi connectivity index (χ1n) is 9.28. The zero-order chi connectivity index (χ0) is 19.3. The van der Waals surface area contributed by atoms with Gasteiger partial charge in [-0.15, -0.1) is 5.10 Å². The Morgan fingerprint density at radius 2 is 1.89 bits per heavy atom. The topological polar surface area (TPSA) is 77.5 Å². The van der Waals surface area contributed by atoms with E-state index >= 15 is 0 Å². The van der Waals surface area contributed by atoms with Gasteiger partial charge in [-0.05, 0) is 41.8 Å². The van der Waals surface area contributed by atoms with Crippen LogP contribution in [0.2, 0.25) is 0 Å². The van der Waals surface area contributed by atoms with Gasteiger partial charge in [-0.1, -0.05) is 36.4 Å². The second-order valence-corrected chi connectivity index (χ2v) is 6.56. The third kappa shape index (κ3) is 3.82. The summed E-state index contributed by atoms with van der Waals surface area (Å²) in [5, 5.41) is 8.11. The molecule has 0 fully saturated rings. The molecule has 142 valence electrons. The molecule has 0 unspecified atom stereocenters. The molecule has 6 heteroatoms. The number of hydrogen-bond acceptors (Lipinski definition) is 5. The summed E-state index contributed by atoms with van der Waals surface area (Å²) in [4.78, 5) is 4.46. The van der Waals surface area contributed by atoms with E-state index in [0.717, 1.165) is 47.0 Å². The third-order valence-corrected chi connectivity index (χ3v) is 4.70. The molecule has 0 spiro atoms. The summed E-state index contributed by atoms with van der Waals surface area (Å²) in [6, 6.07) is 20.2. The van der Waals surface area contributed by atoms with Gasteiger partial charge in [0.2, 0.25) is 0 Å². The van der Waals surface area contributed by atoms with E-state index in [1.165, 1.54) is 5.56 Å². The Bertz CT molecular complexity index is 1070. The molecule has 6 nitrogen and oxygen atoms in total. The third-order valence-electron chi connectivity index (χ3n) is 4.70. The van der Waals surface area contributed by atoms with Crippen molar-refractivity contribution >= 4 is 11.5 Å². The van der Waals surface area contributed by atoms with Crippen LogP contribution in [0.3, 0.4) is 0 Å². The fraction of sp³-hybridized carbons (Fsp3) is 0.182. The van der Waals surface area contributed by atoms with Gasteiger partial charge in [-0.3, -0.25) is 0 Å². The molecule has 0 radical (unpaired) electrons. The lowest BCUT2D eigenvalue weighted by Crippen LogP contribution is -2.08. The highest BCUT2D eigenvalue weighted by molar-refractivity contribution is 5.64. The fourth-order valence-corrected chi connectivity index (χ4v) is 3.14. The van der Waals surface area contributed by atoms with Crippen molar-refractivity contribution in [2.24, 2.45) is 5.73 Å². The van der Waals surface area contributed by atoms with Crippen molar-refractivity contribution in [1.29, 1.82) is 0 Å². The number of aromatic nitrogens is 3. The molecule has 0 aliphatic rings. The molecule has 28 heavy (non-hydrogen) atoms. The second kappa shape index (κ2) is 8.10. The van der Waals surface area contributed by atoms with Gasteiger partial charge in [-0.25, -0.2) is 9.50 Å². The minimum absolute atomic E-state index is 0.535. The molecule has 0 bridgehead atoms. The fourth-order valence-electron chi connectivity index (χ4n) is 3.14. The Morgan fingerprint density at radius 3 is 2.68 bits per heavy atom. The van der Waals surface area contributed by atoms with E-state index in [1.807, 2.05) is 47.1 Å². The zero-order valence-corrected chi connectivity index (χ0v) is 15.8. The van der Waals surface area contributed by atoms with Crippen LogP contribution < -0.4 is 15.8 Å². The Hall–Kier alpha value is -3.38. The standard InChI is InChI=1S/C22H23N5O/c1-28-19-4-2-3-16(13-19)11-12-24-21-9-10-22-25-15-20(27(22)26-21)18-7-5-17(14-23)6-8-18/h2-10,13,15H,11-12,14,23H2,1H3,(H,24,26). The number of anilines is 1. The molecule has 0 atom stereocenters. The van der Waals surface area contributed by atoms with E-state index in [4.69, 9.17) is 15.6 Å². The zero-order valence-electron chi connectivity index (χ0n) is 15.8. The second-order valence-electron chi connectivity index (χ2n) is 6.56. The van der Waals surface area contributed by atoms with E-state index in [1.54, 1.807) is 7.11 Å². The Morgan fingerprint density at radius 1 is 1.04 bits per heavy atom. The number of hydrogen-bond donors (Lipinski definition) is 2. The Labute approximate surface area is 164 Å². The summed E-state index contributed by atoms with van der Waals surface area (Å²) in [6.45, 7) is 1.31. The van der Waals surface area contributed by atoms with Crippen LogP contribution in [-0.4, -0.2) is 28.3 Å². The molecule has 4 aromatic rings. The van der Waals surface area contributed by atoms with Gasteiger partial charge < -0.3 is 15.8 Å². The van der Waals surface area contributed by atoms with Crippen LogP contribution in [-0.2, 0) is 13.0 Å². The van der Waals surface area contributed by atoms with E-state index in [9.17, 15) is 0 Å². The summed E-state index contributed by atoms with van der Waals surface area (Å²) in [5.74, 6) is 1.69. The molecule has 0 amide bonds. The minimum atomic E-state index is 0.535. The van der Waals surface area contributed by atoms with Crippen molar-refractivity contribution in [3.05, 3.63) is 78.0 Å². The molecule has 2 heterocycles. The SMILES string of the molecule is COc1cccc(CCNc2ccc3ncc(-c4ccc(CN)cc4)n3n2)c1. The maximum absolute atomic E-state index is 5.69. The normalized spacial score (nSPS) is 10.9. The lowest BCUT2D eigenvalue weighted by atomic mass is 10.1. The number of nitrogens with two attached hydrogens (primary N) is 1. The van der Waals surface area contributed by atoms with Crippen LogP contribution in [0.15, 0.2) is 66.9 Å². The predicted octanol–water partition coefficient (Wildman–Crippen LogP) is 3.52. The summed E-state index contributed by atoms with van der Waals surface area (Å²) in [6.07, 6.45) is 2.73. The van der Waals surface area contributed by atoms with Gasteiger partial charge in [0.15, 0.2) is 5.65 Å². The first kappa shape index (κ1) is 18.0. The number of fused-ring (bicyclic) bond motifs is 1. The van der Waals surface area contributed by atoms with Crippen LogP contribution in [0.25, 0.3) is 16.9 Å². The Kier molecular flexibility index (Phi) is 5.21. The van der Waals surface area contributed by atoms with E-state index < -0.39 is 0 Å². The van der Waals surface area contributed by atoms with Gasteiger partial charge in [0, 0.05) is 18.7 Å². The number of nitrogens with zero attached hydrogens (tertiary/aromatic N) is 3. The molecule has 3 N–H and O–H groups in total. The lowest BCUT2D eigenvalue weighted by Gasteiger charge is -2.08. The van der Waals surface area contributed by atoms with Gasteiger partial charge in [0.25, 0.3) is 0 Å². The van der Waals surface area contributed by atoms with Crippen molar-refractivity contribution in [2.45, 2.75) is 13.0 Å². The highest BCUT2D eigenvalue weighted by atomic mass is 16.5. The monoisotopic (exact) mass is 373 g/mol. The quantitative estimate of drug-likeness (QED) is 0.518. The first-order chi connectivity index (χ1) is 13.8. The molecular weight excluding hydrogens is 350 g/mol. The van der Waals surface area contributed by atoms with Gasteiger partial charge in [-0.2, -0.15) is 0 Å². The van der Waals surface area contributed by atoms with Crippen molar-refractivity contribution in [1.82, 2.24) is 14.6 Å². The van der Waals surface area contributed by atoms with Gasteiger partial charge in [0.05, 0.1) is 19.0 Å². The largest absolute Gasteiger partial charge is 0.497 e. The summed E-state index contributed by atoms with van der Waals surface area (Å²) in [5.41, 5.74) is 10.8. The van der Waals surface area contributed by atoms with Gasteiger partial charge >= 0.3 is 0 Å². The molecule has 2 aromatic carbocycles. The minimum Gasteiger partial charge on any atom is -0.497 e. The molecular formula is C22H23N5O. The summed E-state index contributed by atoms with van der Waals surface area (Å²) in [7, 11) is 1.68. The highest BCUT2D eigenvalue weighted by Crippen LogP contribution is 2.21. The van der Waals surface area contributed by atoms with Crippen LogP contribution >= 0.6 is 0 Å². The van der Waals surface area contributed by atoms with Crippen molar-refractivity contribution < 1.29 is 4.74 Å². The molecule has 2 aromatic heterocycles. The number of benzene rings is 2. The first-order valence-corrected chi connectivity index (χ1v) is 9.28. The number of methoxy groups -OCH3 is 1. The Balaban J connectivity index is 1.50. The van der Waals surface area contributed by atoms with Crippen molar-refractivity contribution in [2.75, 3.05) is 19.0 Å². The summed E-state index contributed by atoms with van der Waals surface area (Å²) < 4.78 is 7.14. The smallest absolute Gasteiger partial charge is 0.154 e. The van der Waals surface area contributed by atoms with Crippen molar-refractivity contribution in [3.8, 4) is 17.0 Å². The number of ether oxygens (including phenoxy) is 1. The maximum Gasteiger partial charge on any atom is 0.154 e. The molecule has 0 saturated carbocycles. The molecule has 4 rings (SSSR count). The van der Waals surface area contributed by atoms with Gasteiger partial charge in [0.1, 0.15) is 11.6 Å². The maximum atomic E-state index is 5.69. The number of rotatable bonds is 7. The highest BCUT2D eigenvalue weighted by Gasteiger charge is 2.08. The van der Waals surface area contributed by atoms with E-state index in [2.05, 4.69) is 34.6 Å². The van der Waals surface area contributed by atoms with Crippen LogP contribution in [0.5, 0.6) is 5.75 Å². The average Bonchev–Trinajstić information content (AvgIpc) is 3.17. The lowest BCUT2D eigenvalue weighted by molar-refractivity contribution is 0.414. The number of nitrogens with one attached hydrogen (secondary N) is 1. The van der Waals surface area contributed by atoms with E-state index in [-0.39, 0.29) is 0 Å². The van der Waals surface area contributed by atoms with Crippen molar-refractivity contribution in [3.63, 3.8) is 0 Å². The summed E-state index contributed by atoms with van der Waals surface area (Å²) >= 11 is 0. The van der Waals surface area contributed by atoms with Crippen LogP contribution in [0.1, 0.15) is 11.1 Å². The predicted molar refractivity (Wildman–Crippen MR) is 112 cm³/mol. The van der Waals surface area contributed by atoms with Crippen LogP contribution in [0, 0.1) is 0 Å². The average molecular weight is 373 g/mol. The molecule has 0 aliphatic carbocycles. The van der Waals surface area contributed by atoms with E-state index in [0.29, 0.717) is 6.54 Å². The molecule has 0 saturated heterocycles. The van der Waals surface area contributed by atoms with Crippen LogP contribution in [0.4, 0.5) is 5.82 Å². The molecule has 0 aliphatic heterocycles. The number of imidazole rings is 1.